The highest BCUT2D eigenvalue weighted by Gasteiger charge is 2.25. The van der Waals surface area contributed by atoms with E-state index in [2.05, 4.69) is 75.3 Å². The average Bonchev–Trinajstić information content (AvgIpc) is 3.19. The van der Waals surface area contributed by atoms with Crippen LogP contribution in [0.25, 0.3) is 5.65 Å². The second-order valence-electron chi connectivity index (χ2n) is 8.38. The molecule has 1 aliphatic heterocycles. The Morgan fingerprint density at radius 3 is 2.77 bits per heavy atom. The first-order valence-corrected chi connectivity index (χ1v) is 11.5. The Hall–Kier alpha value is -2.86. The van der Waals surface area contributed by atoms with E-state index in [1.54, 1.807) is 0 Å². The Kier molecular flexibility index (Phi) is 7.20. The average molecular weight is 419 g/mol. The summed E-state index contributed by atoms with van der Waals surface area (Å²) < 4.78 is 2.06. The van der Waals surface area contributed by atoms with Crippen LogP contribution in [-0.2, 0) is 13.0 Å². The maximum atomic E-state index is 4.82. The summed E-state index contributed by atoms with van der Waals surface area (Å²) in [6.45, 7) is 8.18. The first-order chi connectivity index (χ1) is 15.2. The van der Waals surface area contributed by atoms with Crippen LogP contribution in [0.2, 0.25) is 0 Å². The molecular formula is C25H34N6. The number of hydrogen-bond donors (Lipinski definition) is 2. The molecule has 1 aromatic carbocycles. The SMILES string of the molecule is CCNC(=NCCc1cn2ccccc2n1)NC1CCN(Cc2ccccc2)C(C)C1. The first kappa shape index (κ1) is 21.4. The van der Waals surface area contributed by atoms with Crippen LogP contribution in [0.15, 0.2) is 65.9 Å². The van der Waals surface area contributed by atoms with Crippen molar-refractivity contribution in [2.75, 3.05) is 19.6 Å². The van der Waals surface area contributed by atoms with Crippen molar-refractivity contribution in [2.24, 2.45) is 4.99 Å². The zero-order valence-electron chi connectivity index (χ0n) is 18.7. The molecular weight excluding hydrogens is 384 g/mol. The molecule has 2 atom stereocenters. The molecule has 2 unspecified atom stereocenters. The van der Waals surface area contributed by atoms with E-state index in [4.69, 9.17) is 4.99 Å². The van der Waals surface area contributed by atoms with Gasteiger partial charge in [-0.05, 0) is 44.4 Å². The summed E-state index contributed by atoms with van der Waals surface area (Å²) in [4.78, 5) is 12.1. The lowest BCUT2D eigenvalue weighted by atomic mass is 9.97. The van der Waals surface area contributed by atoms with E-state index in [9.17, 15) is 0 Å². The third-order valence-corrected chi connectivity index (χ3v) is 5.98. The lowest BCUT2D eigenvalue weighted by molar-refractivity contribution is 0.134. The van der Waals surface area contributed by atoms with Crippen LogP contribution in [-0.4, -0.2) is 52.0 Å². The Morgan fingerprint density at radius 2 is 2.00 bits per heavy atom. The van der Waals surface area contributed by atoms with Crippen LogP contribution in [0.1, 0.15) is 37.9 Å². The highest BCUT2D eigenvalue weighted by atomic mass is 15.2. The number of nitrogens with zero attached hydrogens (tertiary/aromatic N) is 4. The van der Waals surface area contributed by atoms with Crippen molar-refractivity contribution in [1.29, 1.82) is 0 Å². The molecule has 0 radical (unpaired) electrons. The number of nitrogens with one attached hydrogen (secondary N) is 2. The second kappa shape index (κ2) is 10.4. The molecule has 0 bridgehead atoms. The smallest absolute Gasteiger partial charge is 0.191 e. The maximum absolute atomic E-state index is 4.82. The van der Waals surface area contributed by atoms with Crippen molar-refractivity contribution >= 4 is 11.6 Å². The van der Waals surface area contributed by atoms with Gasteiger partial charge in [-0.25, -0.2) is 4.98 Å². The molecule has 3 aromatic rings. The number of aliphatic imine (C=N–C) groups is 1. The van der Waals surface area contributed by atoms with Crippen molar-refractivity contribution in [3.63, 3.8) is 0 Å². The number of piperidine rings is 1. The standard InChI is InChI=1S/C25H34N6/c1-3-26-25(27-14-12-23-19-31-15-8-7-11-24(31)28-23)29-22-13-16-30(20(2)17-22)18-21-9-5-4-6-10-21/h4-11,15,19-20,22H,3,12-14,16-18H2,1-2H3,(H2,26,27,29). The Balaban J connectivity index is 1.29. The van der Waals surface area contributed by atoms with Crippen molar-refractivity contribution in [1.82, 2.24) is 24.9 Å². The van der Waals surface area contributed by atoms with Crippen LogP contribution in [0.5, 0.6) is 0 Å². The Labute approximate surface area is 185 Å². The summed E-state index contributed by atoms with van der Waals surface area (Å²) in [5.41, 5.74) is 3.46. The van der Waals surface area contributed by atoms with Gasteiger partial charge in [-0.3, -0.25) is 9.89 Å². The predicted octanol–water partition coefficient (Wildman–Crippen LogP) is 3.49. The number of hydrogen-bond acceptors (Lipinski definition) is 3. The highest BCUT2D eigenvalue weighted by Crippen LogP contribution is 2.20. The highest BCUT2D eigenvalue weighted by molar-refractivity contribution is 5.80. The van der Waals surface area contributed by atoms with E-state index < -0.39 is 0 Å². The normalized spacial score (nSPS) is 20.1. The molecule has 0 saturated carbocycles. The molecule has 1 fully saturated rings. The first-order valence-electron chi connectivity index (χ1n) is 11.5. The topological polar surface area (TPSA) is 57.0 Å². The molecule has 31 heavy (non-hydrogen) atoms. The summed E-state index contributed by atoms with van der Waals surface area (Å²) in [5.74, 6) is 0.917. The van der Waals surface area contributed by atoms with Gasteiger partial charge in [0.1, 0.15) is 5.65 Å². The third-order valence-electron chi connectivity index (χ3n) is 5.98. The fourth-order valence-electron chi connectivity index (χ4n) is 4.31. The maximum Gasteiger partial charge on any atom is 0.191 e. The van der Waals surface area contributed by atoms with Crippen molar-refractivity contribution in [3.05, 3.63) is 72.2 Å². The minimum absolute atomic E-state index is 0.454. The molecule has 0 aliphatic carbocycles. The number of fused-ring (bicyclic) bond motifs is 1. The van der Waals surface area contributed by atoms with E-state index in [1.807, 2.05) is 24.4 Å². The zero-order valence-corrected chi connectivity index (χ0v) is 18.7. The fourth-order valence-corrected chi connectivity index (χ4v) is 4.31. The molecule has 6 heteroatoms. The number of likely N-dealkylation sites (tertiary alicyclic amines) is 1. The van der Waals surface area contributed by atoms with Gasteiger partial charge >= 0.3 is 0 Å². The molecule has 2 aromatic heterocycles. The minimum atomic E-state index is 0.454. The molecule has 0 amide bonds. The Morgan fingerprint density at radius 1 is 1.16 bits per heavy atom. The summed E-state index contributed by atoms with van der Waals surface area (Å²) in [7, 11) is 0. The summed E-state index contributed by atoms with van der Waals surface area (Å²) in [6.07, 6.45) is 7.23. The Bertz CT molecular complexity index is 947. The molecule has 1 aliphatic rings. The zero-order chi connectivity index (χ0) is 21.5. The van der Waals surface area contributed by atoms with Gasteiger partial charge in [0.15, 0.2) is 5.96 Å². The van der Waals surface area contributed by atoms with Crippen LogP contribution in [0.4, 0.5) is 0 Å². The molecule has 3 heterocycles. The van der Waals surface area contributed by atoms with Gasteiger partial charge in [-0.2, -0.15) is 0 Å². The number of aromatic nitrogens is 2. The fraction of sp³-hybridized carbons (Fsp3) is 0.440. The van der Waals surface area contributed by atoms with E-state index >= 15 is 0 Å². The van der Waals surface area contributed by atoms with Crippen LogP contribution in [0, 0.1) is 0 Å². The number of pyridine rings is 1. The quantitative estimate of drug-likeness (QED) is 0.456. The number of guanidine groups is 1. The van der Waals surface area contributed by atoms with E-state index in [1.165, 1.54) is 5.56 Å². The van der Waals surface area contributed by atoms with E-state index in [0.29, 0.717) is 12.1 Å². The molecule has 4 rings (SSSR count). The summed E-state index contributed by atoms with van der Waals surface area (Å²) >= 11 is 0. The van der Waals surface area contributed by atoms with Gasteiger partial charge in [0.25, 0.3) is 0 Å². The summed E-state index contributed by atoms with van der Waals surface area (Å²) in [6, 6.07) is 17.8. The minimum Gasteiger partial charge on any atom is -0.357 e. The van der Waals surface area contributed by atoms with Crippen molar-refractivity contribution < 1.29 is 0 Å². The van der Waals surface area contributed by atoms with Crippen LogP contribution >= 0.6 is 0 Å². The van der Waals surface area contributed by atoms with Crippen LogP contribution in [0.3, 0.4) is 0 Å². The predicted molar refractivity (Wildman–Crippen MR) is 127 cm³/mol. The van der Waals surface area contributed by atoms with Gasteiger partial charge in [-0.15, -0.1) is 0 Å². The molecule has 1 saturated heterocycles. The number of benzene rings is 1. The van der Waals surface area contributed by atoms with Gasteiger partial charge in [0.05, 0.1) is 5.69 Å². The monoisotopic (exact) mass is 418 g/mol. The van der Waals surface area contributed by atoms with Gasteiger partial charge < -0.3 is 15.0 Å². The number of imidazole rings is 1. The molecule has 2 N–H and O–H groups in total. The molecule has 6 nitrogen and oxygen atoms in total. The third kappa shape index (κ3) is 5.85. The summed E-state index contributed by atoms with van der Waals surface area (Å²) in [5, 5.41) is 7.08. The van der Waals surface area contributed by atoms with E-state index in [-0.39, 0.29) is 0 Å². The lowest BCUT2D eigenvalue weighted by Crippen LogP contribution is -2.51. The molecule has 0 spiro atoms. The number of rotatable bonds is 7. The second-order valence-corrected chi connectivity index (χ2v) is 8.38. The largest absolute Gasteiger partial charge is 0.357 e. The van der Waals surface area contributed by atoms with Gasteiger partial charge in [0, 0.05) is 57.1 Å². The van der Waals surface area contributed by atoms with Crippen molar-refractivity contribution in [2.45, 2.75) is 51.7 Å². The van der Waals surface area contributed by atoms with Crippen LogP contribution < -0.4 is 10.6 Å². The molecule has 164 valence electrons. The van der Waals surface area contributed by atoms with E-state index in [0.717, 1.165) is 62.7 Å². The van der Waals surface area contributed by atoms with Gasteiger partial charge in [0.2, 0.25) is 0 Å². The van der Waals surface area contributed by atoms with Gasteiger partial charge in [-0.1, -0.05) is 36.4 Å². The lowest BCUT2D eigenvalue weighted by Gasteiger charge is -2.38. The van der Waals surface area contributed by atoms with Crippen molar-refractivity contribution in [3.8, 4) is 0 Å².